The van der Waals surface area contributed by atoms with Gasteiger partial charge >= 0.3 is 0 Å². The Morgan fingerprint density at radius 2 is 1.59 bits per heavy atom. The second-order valence-corrected chi connectivity index (χ2v) is 7.16. The van der Waals surface area contributed by atoms with Gasteiger partial charge in [-0.15, -0.1) is 0 Å². The first-order valence-corrected chi connectivity index (χ1v) is 11.2. The molecule has 1 amide bonds. The van der Waals surface area contributed by atoms with Crippen molar-refractivity contribution in [3.8, 4) is 23.0 Å². The molecule has 0 heterocycles. The van der Waals surface area contributed by atoms with Crippen molar-refractivity contribution >= 4 is 23.7 Å². The van der Waals surface area contributed by atoms with E-state index in [1.54, 1.807) is 30.3 Å². The van der Waals surface area contributed by atoms with E-state index in [4.69, 9.17) is 30.5 Å². The van der Waals surface area contributed by atoms with E-state index in [-0.39, 0.29) is 5.91 Å². The predicted molar refractivity (Wildman–Crippen MR) is 127 cm³/mol. The molecule has 7 nitrogen and oxygen atoms in total. The van der Waals surface area contributed by atoms with Gasteiger partial charge in [0.2, 0.25) is 0 Å². The molecule has 2 aromatic rings. The van der Waals surface area contributed by atoms with Gasteiger partial charge in [0.15, 0.2) is 23.0 Å². The van der Waals surface area contributed by atoms with Gasteiger partial charge in [0.1, 0.15) is 0 Å². The quantitative estimate of drug-likeness (QED) is 0.315. The zero-order chi connectivity index (χ0) is 23.3. The molecule has 8 heteroatoms. The highest BCUT2D eigenvalue weighted by Crippen LogP contribution is 2.36. The summed E-state index contributed by atoms with van der Waals surface area (Å²) in [4.78, 5) is 12.5. The van der Waals surface area contributed by atoms with Crippen molar-refractivity contribution in [2.24, 2.45) is 5.10 Å². The number of hydrazone groups is 1. The molecule has 174 valence electrons. The summed E-state index contributed by atoms with van der Waals surface area (Å²) < 4.78 is 22.6. The molecule has 0 saturated carbocycles. The lowest BCUT2D eigenvalue weighted by molar-refractivity contribution is 0.0954. The van der Waals surface area contributed by atoms with E-state index in [2.05, 4.69) is 10.5 Å². The van der Waals surface area contributed by atoms with E-state index in [0.717, 1.165) is 12.8 Å². The summed E-state index contributed by atoms with van der Waals surface area (Å²) in [6.07, 6.45) is 3.23. The molecule has 0 radical (unpaired) electrons. The molecular weight excluding hydrogens is 432 g/mol. The highest BCUT2D eigenvalue weighted by Gasteiger charge is 2.13. The standard InChI is InChI=1S/C24H31ClN2O5/c1-5-11-31-20-10-9-18(15-21(20)29-7-3)24(28)27-26-16-17-13-19(25)23(32-12-6-2)22(14-17)30-8-4/h9-10,13-16H,5-8,11-12H2,1-4H3,(H,27,28)/b26-16+. The number of halogens is 1. The maximum atomic E-state index is 12.5. The van der Waals surface area contributed by atoms with E-state index in [1.165, 1.54) is 6.21 Å². The fourth-order valence-electron chi connectivity index (χ4n) is 2.75. The van der Waals surface area contributed by atoms with Crippen molar-refractivity contribution in [2.75, 3.05) is 26.4 Å². The van der Waals surface area contributed by atoms with Gasteiger partial charge in [-0.2, -0.15) is 5.10 Å². The predicted octanol–water partition coefficient (Wildman–Crippen LogP) is 5.48. The first-order valence-electron chi connectivity index (χ1n) is 10.9. The average molecular weight is 463 g/mol. The molecule has 0 aliphatic rings. The molecule has 0 spiro atoms. The van der Waals surface area contributed by atoms with E-state index >= 15 is 0 Å². The fourth-order valence-corrected chi connectivity index (χ4v) is 3.02. The molecule has 0 aliphatic carbocycles. The van der Waals surface area contributed by atoms with E-state index in [0.29, 0.717) is 65.6 Å². The number of nitrogens with one attached hydrogen (secondary N) is 1. The second-order valence-electron chi connectivity index (χ2n) is 6.75. The number of rotatable bonds is 13. The lowest BCUT2D eigenvalue weighted by atomic mass is 10.2. The van der Waals surface area contributed by atoms with Crippen molar-refractivity contribution < 1.29 is 23.7 Å². The van der Waals surface area contributed by atoms with Crippen molar-refractivity contribution in [2.45, 2.75) is 40.5 Å². The minimum atomic E-state index is -0.372. The molecule has 1 N–H and O–H groups in total. The van der Waals surface area contributed by atoms with Crippen molar-refractivity contribution in [3.63, 3.8) is 0 Å². The van der Waals surface area contributed by atoms with E-state index < -0.39 is 0 Å². The molecule has 2 rings (SSSR count). The molecular formula is C24H31ClN2O5. The molecule has 0 saturated heterocycles. The van der Waals surface area contributed by atoms with Gasteiger partial charge in [-0.3, -0.25) is 4.79 Å². The Hall–Kier alpha value is -2.93. The van der Waals surface area contributed by atoms with Crippen LogP contribution in [0.1, 0.15) is 56.5 Å². The normalized spacial score (nSPS) is 10.8. The van der Waals surface area contributed by atoms with Crippen LogP contribution in [0.4, 0.5) is 0 Å². The Morgan fingerprint density at radius 1 is 0.906 bits per heavy atom. The molecule has 0 aliphatic heterocycles. The van der Waals surface area contributed by atoms with Crippen LogP contribution in [0.25, 0.3) is 0 Å². The Labute approximate surface area is 194 Å². The molecule has 0 atom stereocenters. The Balaban J connectivity index is 2.13. The SMILES string of the molecule is CCCOc1ccc(C(=O)N/N=C/c2cc(Cl)c(OCCC)c(OCC)c2)cc1OCC. The minimum absolute atomic E-state index is 0.372. The number of hydrogen-bond acceptors (Lipinski definition) is 6. The second kappa shape index (κ2) is 13.5. The van der Waals surface area contributed by atoms with Gasteiger partial charge in [0.25, 0.3) is 5.91 Å². The third kappa shape index (κ3) is 7.34. The summed E-state index contributed by atoms with van der Waals surface area (Å²) in [5, 5.41) is 4.47. The summed E-state index contributed by atoms with van der Waals surface area (Å²) in [6, 6.07) is 8.51. The summed E-state index contributed by atoms with van der Waals surface area (Å²) in [6.45, 7) is 9.84. The van der Waals surface area contributed by atoms with Gasteiger partial charge < -0.3 is 18.9 Å². The zero-order valence-corrected chi connectivity index (χ0v) is 19.8. The van der Waals surface area contributed by atoms with Crippen LogP contribution in [0.3, 0.4) is 0 Å². The average Bonchev–Trinajstić information content (AvgIpc) is 2.78. The number of ether oxygens (including phenoxy) is 4. The summed E-state index contributed by atoms with van der Waals surface area (Å²) in [5.41, 5.74) is 3.59. The monoisotopic (exact) mass is 462 g/mol. The van der Waals surface area contributed by atoms with Crippen molar-refractivity contribution in [3.05, 3.63) is 46.5 Å². The van der Waals surface area contributed by atoms with Crippen LogP contribution in [0.5, 0.6) is 23.0 Å². The van der Waals surface area contributed by atoms with Crippen LogP contribution < -0.4 is 24.4 Å². The Kier molecular flexibility index (Phi) is 10.7. The van der Waals surface area contributed by atoms with E-state index in [1.807, 2.05) is 27.7 Å². The maximum absolute atomic E-state index is 12.5. The van der Waals surface area contributed by atoms with Crippen LogP contribution in [0, 0.1) is 0 Å². The van der Waals surface area contributed by atoms with Gasteiger partial charge in [-0.25, -0.2) is 5.43 Å². The topological polar surface area (TPSA) is 78.4 Å². The number of carbonyl (C=O) groups excluding carboxylic acids is 1. The van der Waals surface area contributed by atoms with Crippen LogP contribution >= 0.6 is 11.6 Å². The molecule has 0 aromatic heterocycles. The molecule has 32 heavy (non-hydrogen) atoms. The van der Waals surface area contributed by atoms with E-state index in [9.17, 15) is 4.79 Å². The Morgan fingerprint density at radius 3 is 2.28 bits per heavy atom. The highest BCUT2D eigenvalue weighted by atomic mass is 35.5. The van der Waals surface area contributed by atoms with Crippen LogP contribution in [0.2, 0.25) is 5.02 Å². The molecule has 0 unspecified atom stereocenters. The first kappa shape index (κ1) is 25.3. The zero-order valence-electron chi connectivity index (χ0n) is 19.1. The van der Waals surface area contributed by atoms with Gasteiger partial charge in [-0.1, -0.05) is 25.4 Å². The smallest absolute Gasteiger partial charge is 0.271 e. The number of nitrogens with zero attached hydrogens (tertiary/aromatic N) is 1. The maximum Gasteiger partial charge on any atom is 0.271 e. The lowest BCUT2D eigenvalue weighted by Crippen LogP contribution is -2.17. The van der Waals surface area contributed by atoms with Crippen molar-refractivity contribution in [1.29, 1.82) is 0 Å². The molecule has 0 bridgehead atoms. The number of benzene rings is 2. The first-order chi connectivity index (χ1) is 15.5. The fraction of sp³-hybridized carbons (Fsp3) is 0.417. The largest absolute Gasteiger partial charge is 0.490 e. The number of amides is 1. The highest BCUT2D eigenvalue weighted by molar-refractivity contribution is 6.32. The summed E-state index contributed by atoms with van der Waals surface area (Å²) in [7, 11) is 0. The molecule has 2 aromatic carbocycles. The van der Waals surface area contributed by atoms with Gasteiger partial charge in [-0.05, 0) is 62.6 Å². The number of hydrogen-bond donors (Lipinski definition) is 1. The van der Waals surface area contributed by atoms with Crippen LogP contribution in [0.15, 0.2) is 35.4 Å². The van der Waals surface area contributed by atoms with Crippen molar-refractivity contribution in [1.82, 2.24) is 5.43 Å². The van der Waals surface area contributed by atoms with Crippen LogP contribution in [-0.2, 0) is 0 Å². The summed E-state index contributed by atoms with van der Waals surface area (Å²) in [5.74, 6) is 1.80. The minimum Gasteiger partial charge on any atom is -0.490 e. The van der Waals surface area contributed by atoms with Gasteiger partial charge in [0.05, 0.1) is 37.7 Å². The summed E-state index contributed by atoms with van der Waals surface area (Å²) >= 11 is 6.36. The lowest BCUT2D eigenvalue weighted by Gasteiger charge is -2.14. The third-order valence-electron chi connectivity index (χ3n) is 4.13. The third-order valence-corrected chi connectivity index (χ3v) is 4.41. The van der Waals surface area contributed by atoms with Crippen LogP contribution in [-0.4, -0.2) is 38.5 Å². The van der Waals surface area contributed by atoms with Gasteiger partial charge in [0, 0.05) is 5.56 Å². The molecule has 0 fully saturated rings. The number of carbonyl (C=O) groups is 1. The Bertz CT molecular complexity index is 918.